The van der Waals surface area contributed by atoms with Gasteiger partial charge in [0.2, 0.25) is 0 Å². The minimum Gasteiger partial charge on any atom is -0.324 e. The summed E-state index contributed by atoms with van der Waals surface area (Å²) in [5.41, 5.74) is 2.17. The molecule has 1 aromatic carbocycles. The van der Waals surface area contributed by atoms with Crippen molar-refractivity contribution in [3.63, 3.8) is 0 Å². The maximum absolute atomic E-state index is 5.95. The molecule has 1 heterocycles. The van der Waals surface area contributed by atoms with Gasteiger partial charge in [-0.1, -0.05) is 22.9 Å². The van der Waals surface area contributed by atoms with Crippen molar-refractivity contribution in [2.45, 2.75) is 32.2 Å². The van der Waals surface area contributed by atoms with E-state index >= 15 is 0 Å². The third-order valence-electron chi connectivity index (χ3n) is 2.88. The molecule has 0 amide bonds. The maximum Gasteiger partial charge on any atom is 0.125 e. The van der Waals surface area contributed by atoms with E-state index in [4.69, 9.17) is 11.6 Å². The normalized spacial score (nSPS) is 13.2. The molecular weight excluding hydrogens is 288 g/mol. The molecule has 2 aromatic rings. The van der Waals surface area contributed by atoms with Crippen LogP contribution in [-0.2, 0) is 5.88 Å². The van der Waals surface area contributed by atoms with Crippen LogP contribution < -0.4 is 0 Å². The lowest BCUT2D eigenvalue weighted by Gasteiger charge is -2.14. The summed E-state index contributed by atoms with van der Waals surface area (Å²) in [6, 6.07) is 6.56. The Morgan fingerprint density at radius 3 is 2.88 bits per heavy atom. The molecule has 0 spiro atoms. The van der Waals surface area contributed by atoms with Crippen LogP contribution in [0.15, 0.2) is 22.7 Å². The number of hydrogen-bond acceptors (Lipinski definition) is 1. The van der Waals surface area contributed by atoms with Crippen LogP contribution in [0, 0.1) is 0 Å². The van der Waals surface area contributed by atoms with Gasteiger partial charge in [0, 0.05) is 10.5 Å². The van der Waals surface area contributed by atoms with Gasteiger partial charge in [0.15, 0.2) is 0 Å². The Balaban J connectivity index is 2.70. The van der Waals surface area contributed by atoms with Crippen molar-refractivity contribution in [1.82, 2.24) is 9.55 Å². The summed E-state index contributed by atoms with van der Waals surface area (Å²) in [6.07, 6.45) is 1.07. The van der Waals surface area contributed by atoms with E-state index < -0.39 is 0 Å². The summed E-state index contributed by atoms with van der Waals surface area (Å²) in [7, 11) is 0. The van der Waals surface area contributed by atoms with Gasteiger partial charge < -0.3 is 4.57 Å². The van der Waals surface area contributed by atoms with Gasteiger partial charge in [0.25, 0.3) is 0 Å². The minimum atomic E-state index is 0.424. The van der Waals surface area contributed by atoms with E-state index in [1.54, 1.807) is 0 Å². The quantitative estimate of drug-likeness (QED) is 0.763. The number of fused-ring (bicyclic) bond motifs is 1. The van der Waals surface area contributed by atoms with Crippen LogP contribution in [0.4, 0.5) is 0 Å². The van der Waals surface area contributed by atoms with Crippen LogP contribution in [0.1, 0.15) is 32.1 Å². The van der Waals surface area contributed by atoms with Crippen molar-refractivity contribution in [2.75, 3.05) is 0 Å². The first kappa shape index (κ1) is 11.9. The number of imidazole rings is 1. The molecule has 0 aliphatic rings. The molecule has 0 N–H and O–H groups in total. The lowest BCUT2D eigenvalue weighted by molar-refractivity contribution is 0.530. The number of halogens is 2. The molecule has 1 unspecified atom stereocenters. The van der Waals surface area contributed by atoms with E-state index in [-0.39, 0.29) is 0 Å². The van der Waals surface area contributed by atoms with Crippen molar-refractivity contribution in [3.05, 3.63) is 28.5 Å². The highest BCUT2D eigenvalue weighted by molar-refractivity contribution is 9.10. The first-order valence-electron chi connectivity index (χ1n) is 5.39. The predicted molar refractivity (Wildman–Crippen MR) is 72.0 cm³/mol. The molecule has 86 valence electrons. The zero-order valence-electron chi connectivity index (χ0n) is 9.37. The van der Waals surface area contributed by atoms with E-state index in [1.165, 1.54) is 0 Å². The summed E-state index contributed by atoms with van der Waals surface area (Å²) in [6.45, 7) is 4.37. The summed E-state index contributed by atoms with van der Waals surface area (Å²) in [4.78, 5) is 4.55. The fourth-order valence-corrected chi connectivity index (χ4v) is 2.42. The maximum atomic E-state index is 5.95. The van der Waals surface area contributed by atoms with E-state index in [0.29, 0.717) is 11.9 Å². The molecular formula is C12H14BrClN2. The largest absolute Gasteiger partial charge is 0.324 e. The van der Waals surface area contributed by atoms with Gasteiger partial charge in [-0.3, -0.25) is 0 Å². The van der Waals surface area contributed by atoms with Gasteiger partial charge >= 0.3 is 0 Å². The SMILES string of the molecule is CCC(C)n1c(CCl)nc2ccc(Br)cc21. The molecule has 16 heavy (non-hydrogen) atoms. The summed E-state index contributed by atoms with van der Waals surface area (Å²) < 4.78 is 3.30. The van der Waals surface area contributed by atoms with Gasteiger partial charge in [-0.05, 0) is 31.5 Å². The van der Waals surface area contributed by atoms with Crippen molar-refractivity contribution < 1.29 is 0 Å². The number of alkyl halides is 1. The zero-order chi connectivity index (χ0) is 11.7. The topological polar surface area (TPSA) is 17.8 Å². The highest BCUT2D eigenvalue weighted by Crippen LogP contribution is 2.26. The Kier molecular flexibility index (Phi) is 3.55. The monoisotopic (exact) mass is 300 g/mol. The molecule has 0 bridgehead atoms. The van der Waals surface area contributed by atoms with E-state index in [0.717, 1.165) is 27.8 Å². The second-order valence-electron chi connectivity index (χ2n) is 3.92. The van der Waals surface area contributed by atoms with Gasteiger partial charge in [-0.15, -0.1) is 11.6 Å². The molecule has 2 nitrogen and oxygen atoms in total. The molecule has 1 atom stereocenters. The lowest BCUT2D eigenvalue weighted by Crippen LogP contribution is -2.07. The first-order valence-corrected chi connectivity index (χ1v) is 6.72. The molecule has 2 rings (SSSR count). The van der Waals surface area contributed by atoms with Crippen LogP contribution in [0.2, 0.25) is 0 Å². The number of nitrogens with zero attached hydrogens (tertiary/aromatic N) is 2. The molecule has 0 aliphatic heterocycles. The van der Waals surface area contributed by atoms with E-state index in [1.807, 2.05) is 12.1 Å². The first-order chi connectivity index (χ1) is 7.67. The van der Waals surface area contributed by atoms with Crippen LogP contribution >= 0.6 is 27.5 Å². The average Bonchev–Trinajstić information content (AvgIpc) is 2.65. The molecule has 0 saturated heterocycles. The minimum absolute atomic E-state index is 0.424. The van der Waals surface area contributed by atoms with Crippen molar-refractivity contribution in [2.24, 2.45) is 0 Å². The highest BCUT2D eigenvalue weighted by Gasteiger charge is 2.13. The summed E-state index contributed by atoms with van der Waals surface area (Å²) >= 11 is 9.44. The van der Waals surface area contributed by atoms with Gasteiger partial charge in [0.05, 0.1) is 16.9 Å². The molecule has 0 saturated carbocycles. The van der Waals surface area contributed by atoms with Gasteiger partial charge in [0.1, 0.15) is 5.82 Å². The van der Waals surface area contributed by atoms with Crippen LogP contribution in [0.25, 0.3) is 11.0 Å². The second kappa shape index (κ2) is 4.76. The molecule has 0 aliphatic carbocycles. The van der Waals surface area contributed by atoms with Crippen LogP contribution in [0.5, 0.6) is 0 Å². The van der Waals surface area contributed by atoms with Crippen molar-refractivity contribution in [1.29, 1.82) is 0 Å². The third-order valence-corrected chi connectivity index (χ3v) is 3.61. The standard InChI is InChI=1S/C12H14BrClN2/c1-3-8(2)16-11-6-9(13)4-5-10(11)15-12(16)7-14/h4-6,8H,3,7H2,1-2H3. The second-order valence-corrected chi connectivity index (χ2v) is 5.10. The number of aromatic nitrogens is 2. The Bertz CT molecular complexity index is 507. The van der Waals surface area contributed by atoms with E-state index in [2.05, 4.69) is 45.4 Å². The average molecular weight is 302 g/mol. The van der Waals surface area contributed by atoms with Crippen molar-refractivity contribution >= 4 is 38.6 Å². The number of benzene rings is 1. The Labute approximate surface area is 109 Å². The van der Waals surface area contributed by atoms with Gasteiger partial charge in [-0.25, -0.2) is 4.98 Å². The Morgan fingerprint density at radius 2 is 2.25 bits per heavy atom. The molecule has 0 radical (unpaired) electrons. The Hall–Kier alpha value is -0.540. The predicted octanol–water partition coefficient (Wildman–Crippen LogP) is 4.51. The zero-order valence-corrected chi connectivity index (χ0v) is 11.7. The van der Waals surface area contributed by atoms with Crippen LogP contribution in [-0.4, -0.2) is 9.55 Å². The van der Waals surface area contributed by atoms with Crippen LogP contribution in [0.3, 0.4) is 0 Å². The number of rotatable bonds is 3. The highest BCUT2D eigenvalue weighted by atomic mass is 79.9. The smallest absolute Gasteiger partial charge is 0.125 e. The summed E-state index contributed by atoms with van der Waals surface area (Å²) in [5, 5.41) is 0. The van der Waals surface area contributed by atoms with Gasteiger partial charge in [-0.2, -0.15) is 0 Å². The number of hydrogen-bond donors (Lipinski definition) is 0. The molecule has 4 heteroatoms. The lowest BCUT2D eigenvalue weighted by atomic mass is 10.2. The van der Waals surface area contributed by atoms with E-state index in [9.17, 15) is 0 Å². The third kappa shape index (κ3) is 1.98. The molecule has 1 aromatic heterocycles. The van der Waals surface area contributed by atoms with Crippen molar-refractivity contribution in [3.8, 4) is 0 Å². The molecule has 0 fully saturated rings. The fourth-order valence-electron chi connectivity index (χ4n) is 1.88. The fraction of sp³-hybridized carbons (Fsp3) is 0.417. The Morgan fingerprint density at radius 1 is 1.50 bits per heavy atom. The summed E-state index contributed by atoms with van der Waals surface area (Å²) in [5.74, 6) is 1.40.